The summed E-state index contributed by atoms with van der Waals surface area (Å²) in [5.74, 6) is -0.902. The molecule has 0 aliphatic carbocycles. The second-order valence-corrected chi connectivity index (χ2v) is 9.66. The number of anilines is 2. The largest absolute Gasteiger partial charge is 0.338 e. The normalized spacial score (nSPS) is 26.6. The van der Waals surface area contributed by atoms with Gasteiger partial charge in [0.2, 0.25) is 11.8 Å². The Morgan fingerprint density at radius 2 is 2.07 bits per heavy atom. The Balaban J connectivity index is 1.40. The molecule has 3 heterocycles. The molecule has 10 heteroatoms. The standard InChI is InChI=1S/C18H22N4O5S/c23-16-8-12(10-22(16)15-4-7-28(26,27)11-15)17(24)20-13-2-1-3-14(9-13)21-6-5-19-18(21)25/h1-3,9,12,15H,4-8,10-11H2,(H,19,25)(H,20,24)/t12-,15+/m1/s1. The average Bonchev–Trinajstić information content (AvgIpc) is 3.33. The van der Waals surface area contributed by atoms with Gasteiger partial charge in [0.25, 0.3) is 0 Å². The number of carbonyl (C=O) groups is 3. The number of benzene rings is 1. The minimum Gasteiger partial charge on any atom is -0.338 e. The molecule has 2 atom stereocenters. The molecule has 0 bridgehead atoms. The van der Waals surface area contributed by atoms with E-state index in [2.05, 4.69) is 10.6 Å². The maximum Gasteiger partial charge on any atom is 0.321 e. The van der Waals surface area contributed by atoms with Crippen LogP contribution >= 0.6 is 0 Å². The van der Waals surface area contributed by atoms with Gasteiger partial charge in [0.1, 0.15) is 0 Å². The van der Waals surface area contributed by atoms with E-state index in [0.717, 1.165) is 0 Å². The van der Waals surface area contributed by atoms with Gasteiger partial charge in [-0.25, -0.2) is 13.2 Å². The number of sulfone groups is 1. The van der Waals surface area contributed by atoms with Gasteiger partial charge < -0.3 is 15.5 Å². The number of carbonyl (C=O) groups excluding carboxylic acids is 3. The second kappa shape index (κ2) is 7.08. The molecule has 1 aromatic carbocycles. The number of likely N-dealkylation sites (tertiary alicyclic amines) is 1. The number of rotatable bonds is 4. The van der Waals surface area contributed by atoms with Crippen LogP contribution in [0.3, 0.4) is 0 Å². The van der Waals surface area contributed by atoms with Crippen molar-refractivity contribution in [1.29, 1.82) is 0 Å². The summed E-state index contributed by atoms with van der Waals surface area (Å²) >= 11 is 0. The van der Waals surface area contributed by atoms with Crippen LogP contribution in [0.2, 0.25) is 0 Å². The highest BCUT2D eigenvalue weighted by Gasteiger charge is 2.41. The first kappa shape index (κ1) is 18.7. The quantitative estimate of drug-likeness (QED) is 0.741. The van der Waals surface area contributed by atoms with Crippen molar-refractivity contribution in [2.24, 2.45) is 5.92 Å². The minimum atomic E-state index is -3.09. The summed E-state index contributed by atoms with van der Waals surface area (Å²) in [5, 5.41) is 5.55. The van der Waals surface area contributed by atoms with E-state index < -0.39 is 15.8 Å². The molecule has 9 nitrogen and oxygen atoms in total. The highest BCUT2D eigenvalue weighted by molar-refractivity contribution is 7.91. The summed E-state index contributed by atoms with van der Waals surface area (Å²) in [6.07, 6.45) is 0.513. The van der Waals surface area contributed by atoms with Gasteiger partial charge in [-0.1, -0.05) is 6.07 Å². The lowest BCUT2D eigenvalue weighted by Gasteiger charge is -2.23. The second-order valence-electron chi connectivity index (χ2n) is 7.43. The molecule has 3 saturated heterocycles. The van der Waals surface area contributed by atoms with E-state index in [1.165, 1.54) is 0 Å². The van der Waals surface area contributed by atoms with E-state index in [1.807, 2.05) is 0 Å². The van der Waals surface area contributed by atoms with E-state index in [1.54, 1.807) is 34.1 Å². The monoisotopic (exact) mass is 406 g/mol. The van der Waals surface area contributed by atoms with E-state index in [4.69, 9.17) is 0 Å². The van der Waals surface area contributed by atoms with Crippen molar-refractivity contribution in [3.05, 3.63) is 24.3 Å². The molecule has 3 fully saturated rings. The molecule has 3 aliphatic rings. The molecule has 0 radical (unpaired) electrons. The molecular formula is C18H22N4O5S. The van der Waals surface area contributed by atoms with E-state index >= 15 is 0 Å². The third kappa shape index (κ3) is 3.68. The first-order valence-corrected chi connectivity index (χ1v) is 11.1. The first-order chi connectivity index (χ1) is 13.3. The van der Waals surface area contributed by atoms with Gasteiger partial charge in [0.05, 0.1) is 17.4 Å². The fraction of sp³-hybridized carbons (Fsp3) is 0.500. The van der Waals surface area contributed by atoms with E-state index in [-0.39, 0.29) is 48.4 Å². The number of nitrogens with one attached hydrogen (secondary N) is 2. The van der Waals surface area contributed by atoms with Crippen molar-refractivity contribution in [2.75, 3.05) is 41.4 Å². The number of nitrogens with zero attached hydrogens (tertiary/aromatic N) is 2. The molecule has 28 heavy (non-hydrogen) atoms. The third-order valence-electron chi connectivity index (χ3n) is 5.46. The van der Waals surface area contributed by atoms with Crippen molar-refractivity contribution in [3.63, 3.8) is 0 Å². The highest BCUT2D eigenvalue weighted by atomic mass is 32.2. The van der Waals surface area contributed by atoms with Crippen molar-refractivity contribution in [3.8, 4) is 0 Å². The predicted molar refractivity (Wildman–Crippen MR) is 103 cm³/mol. The van der Waals surface area contributed by atoms with Crippen LogP contribution in [-0.2, 0) is 19.4 Å². The van der Waals surface area contributed by atoms with Crippen molar-refractivity contribution < 1.29 is 22.8 Å². The Bertz CT molecular complexity index is 932. The summed E-state index contributed by atoms with van der Waals surface area (Å²) in [4.78, 5) is 39.9. The molecule has 4 rings (SSSR count). The van der Waals surface area contributed by atoms with Crippen LogP contribution in [0.15, 0.2) is 24.3 Å². The van der Waals surface area contributed by atoms with Crippen LogP contribution in [0.4, 0.5) is 16.2 Å². The fourth-order valence-corrected chi connectivity index (χ4v) is 5.73. The molecule has 4 amide bonds. The van der Waals surface area contributed by atoms with Gasteiger partial charge in [-0.2, -0.15) is 0 Å². The van der Waals surface area contributed by atoms with Gasteiger partial charge in [-0.3, -0.25) is 14.5 Å². The lowest BCUT2D eigenvalue weighted by atomic mass is 10.1. The van der Waals surface area contributed by atoms with Crippen LogP contribution < -0.4 is 15.5 Å². The molecule has 1 aromatic rings. The van der Waals surface area contributed by atoms with Gasteiger partial charge in [0.15, 0.2) is 9.84 Å². The highest BCUT2D eigenvalue weighted by Crippen LogP contribution is 2.28. The number of amides is 4. The zero-order chi connectivity index (χ0) is 19.9. The summed E-state index contributed by atoms with van der Waals surface area (Å²) in [6.45, 7) is 1.37. The first-order valence-electron chi connectivity index (χ1n) is 9.28. The molecule has 2 N–H and O–H groups in total. The molecular weight excluding hydrogens is 384 g/mol. The molecule has 0 saturated carbocycles. The topological polar surface area (TPSA) is 116 Å². The van der Waals surface area contributed by atoms with Crippen molar-refractivity contribution >= 4 is 39.1 Å². The predicted octanol–water partition coefficient (Wildman–Crippen LogP) is 0.190. The fourth-order valence-electron chi connectivity index (χ4n) is 4.00. The molecule has 150 valence electrons. The summed E-state index contributed by atoms with van der Waals surface area (Å²) in [5.41, 5.74) is 1.24. The summed E-state index contributed by atoms with van der Waals surface area (Å²) in [7, 11) is -3.09. The lowest BCUT2D eigenvalue weighted by Crippen LogP contribution is -2.38. The maximum atomic E-state index is 12.6. The Morgan fingerprint density at radius 1 is 1.25 bits per heavy atom. The van der Waals surface area contributed by atoms with Gasteiger partial charge in [-0.15, -0.1) is 0 Å². The maximum absolute atomic E-state index is 12.6. The average molecular weight is 406 g/mol. The Hall–Kier alpha value is -2.62. The van der Waals surface area contributed by atoms with E-state index in [9.17, 15) is 22.8 Å². The van der Waals surface area contributed by atoms with Gasteiger partial charge >= 0.3 is 6.03 Å². The van der Waals surface area contributed by atoms with Crippen molar-refractivity contribution in [1.82, 2.24) is 10.2 Å². The Labute approximate surface area is 163 Å². The minimum absolute atomic E-state index is 0.0208. The SMILES string of the molecule is O=C(Nc1cccc(N2CCNC2=O)c1)[C@@H]1CC(=O)N([C@H]2CCS(=O)(=O)C2)C1. The zero-order valence-corrected chi connectivity index (χ0v) is 16.1. The number of hydrogen-bond donors (Lipinski definition) is 2. The number of hydrogen-bond acceptors (Lipinski definition) is 5. The van der Waals surface area contributed by atoms with Crippen LogP contribution in [0.25, 0.3) is 0 Å². The molecule has 0 aromatic heterocycles. The lowest BCUT2D eigenvalue weighted by molar-refractivity contribution is -0.129. The van der Waals surface area contributed by atoms with Crippen LogP contribution in [0.5, 0.6) is 0 Å². The number of urea groups is 1. The van der Waals surface area contributed by atoms with Gasteiger partial charge in [-0.05, 0) is 24.6 Å². The molecule has 0 spiro atoms. The Kier molecular flexibility index (Phi) is 4.74. The third-order valence-corrected chi connectivity index (χ3v) is 7.21. The molecule has 3 aliphatic heterocycles. The zero-order valence-electron chi connectivity index (χ0n) is 15.3. The smallest absolute Gasteiger partial charge is 0.321 e. The van der Waals surface area contributed by atoms with Crippen molar-refractivity contribution in [2.45, 2.75) is 18.9 Å². The van der Waals surface area contributed by atoms with Gasteiger partial charge in [0, 0.05) is 43.5 Å². The summed E-state index contributed by atoms with van der Waals surface area (Å²) < 4.78 is 23.4. The summed E-state index contributed by atoms with van der Waals surface area (Å²) in [6, 6.07) is 6.50. The van der Waals surface area contributed by atoms with E-state index in [0.29, 0.717) is 30.9 Å². The van der Waals surface area contributed by atoms with Crippen LogP contribution in [0.1, 0.15) is 12.8 Å². The Morgan fingerprint density at radius 3 is 2.75 bits per heavy atom. The molecule has 0 unspecified atom stereocenters. The van der Waals surface area contributed by atoms with Crippen LogP contribution in [-0.4, -0.2) is 68.3 Å². The van der Waals surface area contributed by atoms with Crippen LogP contribution in [0, 0.1) is 5.92 Å².